The quantitative estimate of drug-likeness (QED) is 0.623. The maximum Gasteiger partial charge on any atom is 0.416 e. The van der Waals surface area contributed by atoms with Crippen molar-refractivity contribution in [2.45, 2.75) is 30.0 Å². The Morgan fingerprint density at radius 3 is 2.17 bits per heavy atom. The van der Waals surface area contributed by atoms with Crippen molar-refractivity contribution in [1.82, 2.24) is 5.32 Å². The summed E-state index contributed by atoms with van der Waals surface area (Å²) < 4.78 is 48.2. The Morgan fingerprint density at radius 2 is 1.78 bits per heavy atom. The Balaban J connectivity index is 2.79. The first-order chi connectivity index (χ1) is 8.34. The van der Waals surface area contributed by atoms with Crippen molar-refractivity contribution in [3.8, 4) is 0 Å². The molecule has 102 valence electrons. The van der Waals surface area contributed by atoms with Crippen LogP contribution >= 0.6 is 21.2 Å². The molecular formula is C12H15F3INO. The minimum atomic E-state index is -4.32. The van der Waals surface area contributed by atoms with Gasteiger partial charge in [-0.25, -0.2) is 0 Å². The molecule has 2 nitrogen and oxygen atoms in total. The maximum absolute atomic E-state index is 12.4. The summed E-state index contributed by atoms with van der Waals surface area (Å²) in [5.41, 5.74) is 0.0184. The van der Waals surface area contributed by atoms with E-state index in [0.29, 0.717) is 12.1 Å². The summed E-state index contributed by atoms with van der Waals surface area (Å²) in [5, 5.41) is 3.15. The van der Waals surface area contributed by atoms with Gasteiger partial charge in [0.15, 0.2) is 21.2 Å². The SMILES string of the molecule is CC(C)NCC(I=O)c1ccc(C(F)(F)F)cc1. The molecule has 1 aromatic carbocycles. The lowest BCUT2D eigenvalue weighted by molar-refractivity contribution is -0.137. The second kappa shape index (κ2) is 6.60. The first-order valence-corrected chi connectivity index (χ1v) is 7.63. The first-order valence-electron chi connectivity index (χ1n) is 5.50. The molecule has 1 N–H and O–H groups in total. The van der Waals surface area contributed by atoms with Gasteiger partial charge in [-0.05, 0) is 17.7 Å². The molecule has 0 aliphatic rings. The maximum atomic E-state index is 12.4. The van der Waals surface area contributed by atoms with Crippen LogP contribution in [0.1, 0.15) is 28.9 Å². The van der Waals surface area contributed by atoms with Crippen LogP contribution in [-0.4, -0.2) is 12.6 Å². The number of hydrogen-bond donors (Lipinski definition) is 1. The van der Waals surface area contributed by atoms with E-state index in [1.807, 2.05) is 13.8 Å². The second-order valence-electron chi connectivity index (χ2n) is 4.24. The molecule has 0 bridgehead atoms. The second-order valence-corrected chi connectivity index (χ2v) is 6.25. The Morgan fingerprint density at radius 1 is 1.22 bits per heavy atom. The summed E-state index contributed by atoms with van der Waals surface area (Å²) in [4.78, 5) is 0. The molecule has 18 heavy (non-hydrogen) atoms. The van der Waals surface area contributed by atoms with Crippen LogP contribution in [0.3, 0.4) is 0 Å². The molecule has 1 unspecified atom stereocenters. The molecule has 0 aromatic heterocycles. The Labute approximate surface area is 115 Å². The summed E-state index contributed by atoms with van der Waals surface area (Å²) in [6.07, 6.45) is -4.32. The van der Waals surface area contributed by atoms with E-state index >= 15 is 0 Å². The highest BCUT2D eigenvalue weighted by molar-refractivity contribution is 14.1. The highest BCUT2D eigenvalue weighted by Gasteiger charge is 2.30. The zero-order chi connectivity index (χ0) is 13.8. The Kier molecular flexibility index (Phi) is 5.71. The summed E-state index contributed by atoms with van der Waals surface area (Å²) in [6, 6.07) is 5.16. The fraction of sp³-hybridized carbons (Fsp3) is 0.500. The van der Waals surface area contributed by atoms with Crippen molar-refractivity contribution < 1.29 is 16.2 Å². The molecule has 0 amide bonds. The van der Waals surface area contributed by atoms with Gasteiger partial charge in [0.05, 0.1) is 9.49 Å². The van der Waals surface area contributed by atoms with Crippen molar-refractivity contribution >= 4 is 21.2 Å². The van der Waals surface area contributed by atoms with Crippen LogP contribution in [0.4, 0.5) is 13.2 Å². The molecule has 0 heterocycles. The number of benzene rings is 1. The molecule has 0 radical (unpaired) electrons. The summed E-state index contributed by atoms with van der Waals surface area (Å²) in [5.74, 6) is 0. The lowest BCUT2D eigenvalue weighted by Crippen LogP contribution is -2.26. The summed E-state index contributed by atoms with van der Waals surface area (Å²) >= 11 is -1.30. The average Bonchev–Trinajstić information content (AvgIpc) is 2.29. The van der Waals surface area contributed by atoms with Crippen LogP contribution in [0.15, 0.2) is 24.3 Å². The minimum absolute atomic E-state index is 0.187. The monoisotopic (exact) mass is 373 g/mol. The van der Waals surface area contributed by atoms with Crippen molar-refractivity contribution in [2.24, 2.45) is 0 Å². The van der Waals surface area contributed by atoms with Crippen LogP contribution in [0, 0.1) is 0 Å². The third-order valence-electron chi connectivity index (χ3n) is 2.41. The number of halogens is 4. The number of hydrogen-bond acceptors (Lipinski definition) is 2. The van der Waals surface area contributed by atoms with Gasteiger partial charge in [-0.2, -0.15) is 13.2 Å². The standard InChI is InChI=1S/C12H15F3INO/c1-8(2)17-7-11(16-18)9-3-5-10(6-4-9)12(13,14)15/h3-6,8,11,17H,7H2,1-2H3. The molecule has 0 aliphatic carbocycles. The first kappa shape index (κ1) is 15.6. The van der Waals surface area contributed by atoms with E-state index in [-0.39, 0.29) is 9.97 Å². The minimum Gasteiger partial charge on any atom is -0.313 e. The van der Waals surface area contributed by atoms with Gasteiger partial charge >= 0.3 is 6.18 Å². The predicted molar refractivity (Wildman–Crippen MR) is 72.0 cm³/mol. The fourth-order valence-electron chi connectivity index (χ4n) is 1.42. The van der Waals surface area contributed by atoms with Crippen LogP contribution < -0.4 is 5.32 Å². The van der Waals surface area contributed by atoms with Gasteiger partial charge in [0.1, 0.15) is 0 Å². The van der Waals surface area contributed by atoms with Gasteiger partial charge in [-0.3, -0.25) is 3.07 Å². The normalized spacial score (nSPS) is 13.9. The zero-order valence-corrected chi connectivity index (χ0v) is 12.2. The lowest BCUT2D eigenvalue weighted by atomic mass is 10.1. The van der Waals surface area contributed by atoms with Crippen molar-refractivity contribution in [1.29, 1.82) is 0 Å². The third kappa shape index (κ3) is 4.64. The highest BCUT2D eigenvalue weighted by atomic mass is 127. The molecule has 0 spiro atoms. The largest absolute Gasteiger partial charge is 0.416 e. The topological polar surface area (TPSA) is 29.1 Å². The van der Waals surface area contributed by atoms with Gasteiger partial charge in [-0.15, -0.1) is 0 Å². The van der Waals surface area contributed by atoms with Crippen molar-refractivity contribution in [2.75, 3.05) is 6.54 Å². The zero-order valence-electron chi connectivity index (χ0n) is 10.1. The van der Waals surface area contributed by atoms with E-state index < -0.39 is 32.9 Å². The van der Waals surface area contributed by atoms with E-state index in [9.17, 15) is 16.2 Å². The smallest absolute Gasteiger partial charge is 0.313 e. The van der Waals surface area contributed by atoms with Crippen LogP contribution in [-0.2, 0) is 9.25 Å². The van der Waals surface area contributed by atoms with Crippen LogP contribution in [0.2, 0.25) is 0 Å². The lowest BCUT2D eigenvalue weighted by Gasteiger charge is -2.14. The van der Waals surface area contributed by atoms with Crippen molar-refractivity contribution in [3.63, 3.8) is 0 Å². The molecule has 0 fully saturated rings. The molecule has 0 aliphatic heterocycles. The van der Waals surface area contributed by atoms with Gasteiger partial charge in [0.2, 0.25) is 0 Å². The summed E-state index contributed by atoms with van der Waals surface area (Å²) in [6.45, 7) is 4.46. The third-order valence-corrected chi connectivity index (χ3v) is 4.19. The van der Waals surface area contributed by atoms with E-state index in [2.05, 4.69) is 5.32 Å². The van der Waals surface area contributed by atoms with Crippen LogP contribution in [0.25, 0.3) is 0 Å². The number of nitrogens with one attached hydrogen (secondary N) is 1. The summed E-state index contributed by atoms with van der Waals surface area (Å²) in [7, 11) is 0. The molecule has 0 saturated heterocycles. The van der Waals surface area contributed by atoms with Crippen molar-refractivity contribution in [3.05, 3.63) is 35.4 Å². The van der Waals surface area contributed by atoms with E-state index in [0.717, 1.165) is 12.1 Å². The van der Waals surface area contributed by atoms with Gasteiger partial charge in [0, 0.05) is 12.6 Å². The van der Waals surface area contributed by atoms with E-state index in [4.69, 9.17) is 0 Å². The number of alkyl halides is 4. The molecule has 6 heteroatoms. The fourth-order valence-corrected chi connectivity index (χ4v) is 2.56. The molecule has 0 saturated carbocycles. The predicted octanol–water partition coefficient (Wildman–Crippen LogP) is 4.06. The Bertz CT molecular complexity index is 389. The highest BCUT2D eigenvalue weighted by Crippen LogP contribution is 2.32. The Hall–Kier alpha value is -0.500. The van der Waals surface area contributed by atoms with Gasteiger partial charge < -0.3 is 5.32 Å². The van der Waals surface area contributed by atoms with Crippen LogP contribution in [0.5, 0.6) is 0 Å². The molecular weight excluding hydrogens is 358 g/mol. The van der Waals surface area contributed by atoms with E-state index in [1.54, 1.807) is 0 Å². The number of rotatable bonds is 5. The molecule has 1 atom stereocenters. The van der Waals surface area contributed by atoms with E-state index in [1.165, 1.54) is 12.1 Å². The molecule has 1 aromatic rings. The molecule has 1 rings (SSSR count). The van der Waals surface area contributed by atoms with Gasteiger partial charge in [-0.1, -0.05) is 26.0 Å². The van der Waals surface area contributed by atoms with Gasteiger partial charge in [0.25, 0.3) is 0 Å². The average molecular weight is 373 g/mol.